The van der Waals surface area contributed by atoms with Crippen LogP contribution in [0.3, 0.4) is 0 Å². The fraction of sp³-hybridized carbons (Fsp3) is 0.667. The molecule has 0 bridgehead atoms. The van der Waals surface area contributed by atoms with Crippen LogP contribution in [0.15, 0.2) is 30.3 Å². The molecule has 2 atom stereocenters. The van der Waals surface area contributed by atoms with E-state index in [-0.39, 0.29) is 12.1 Å². The van der Waals surface area contributed by atoms with E-state index in [0.717, 1.165) is 64.4 Å². The van der Waals surface area contributed by atoms with Crippen LogP contribution in [0.2, 0.25) is 0 Å². The zero-order chi connectivity index (χ0) is 19.3. The Labute approximate surface area is 167 Å². The number of anilines is 1. The summed E-state index contributed by atoms with van der Waals surface area (Å²) in [6.45, 7) is 10.3. The lowest BCUT2D eigenvalue weighted by Crippen LogP contribution is -2.48. The van der Waals surface area contributed by atoms with Crippen molar-refractivity contribution in [2.75, 3.05) is 37.7 Å². The summed E-state index contributed by atoms with van der Waals surface area (Å²) < 4.78 is 7.81. The van der Waals surface area contributed by atoms with Crippen molar-refractivity contribution in [3.8, 4) is 0 Å². The second-order valence-electron chi connectivity index (χ2n) is 8.36. The highest BCUT2D eigenvalue weighted by molar-refractivity contribution is 5.46. The lowest BCUT2D eigenvalue weighted by Gasteiger charge is -2.40. The number of nitrogens with zero attached hydrogens (tertiary/aromatic N) is 6. The minimum atomic E-state index is 0.247. The predicted octanol–water partition coefficient (Wildman–Crippen LogP) is 2.76. The maximum Gasteiger partial charge on any atom is 0.168 e. The lowest BCUT2D eigenvalue weighted by molar-refractivity contribution is 0.0885. The topological polar surface area (TPSA) is 59.3 Å². The number of hydrogen-bond donors (Lipinski definition) is 0. The Morgan fingerprint density at radius 3 is 2.57 bits per heavy atom. The molecule has 0 aliphatic carbocycles. The highest BCUT2D eigenvalue weighted by Crippen LogP contribution is 2.29. The summed E-state index contributed by atoms with van der Waals surface area (Å²) in [7, 11) is 0. The highest BCUT2D eigenvalue weighted by atomic mass is 16.5. The van der Waals surface area contributed by atoms with Gasteiger partial charge in [-0.05, 0) is 47.7 Å². The van der Waals surface area contributed by atoms with Crippen molar-refractivity contribution < 1.29 is 4.74 Å². The summed E-state index contributed by atoms with van der Waals surface area (Å²) >= 11 is 0. The Balaban J connectivity index is 1.46. The van der Waals surface area contributed by atoms with Crippen LogP contribution in [0, 0.1) is 5.92 Å². The molecule has 1 aromatic carbocycles. The first-order chi connectivity index (χ1) is 13.7. The van der Waals surface area contributed by atoms with Crippen molar-refractivity contribution in [1.29, 1.82) is 0 Å². The lowest BCUT2D eigenvalue weighted by atomic mass is 10.0. The van der Waals surface area contributed by atoms with Crippen molar-refractivity contribution in [3.05, 3.63) is 36.2 Å². The van der Waals surface area contributed by atoms with E-state index in [2.05, 4.69) is 69.5 Å². The molecule has 28 heavy (non-hydrogen) atoms. The van der Waals surface area contributed by atoms with Crippen LogP contribution in [-0.2, 0) is 11.3 Å². The Kier molecular flexibility index (Phi) is 6.22. The zero-order valence-corrected chi connectivity index (χ0v) is 17.1. The van der Waals surface area contributed by atoms with Crippen LogP contribution in [0.4, 0.5) is 5.69 Å². The van der Waals surface area contributed by atoms with Gasteiger partial charge in [-0.1, -0.05) is 32.0 Å². The van der Waals surface area contributed by atoms with Gasteiger partial charge >= 0.3 is 0 Å². The molecule has 152 valence electrons. The first-order valence-corrected chi connectivity index (χ1v) is 10.6. The van der Waals surface area contributed by atoms with Gasteiger partial charge in [0.25, 0.3) is 0 Å². The molecule has 2 fully saturated rings. The number of tetrazole rings is 1. The quantitative estimate of drug-likeness (QED) is 0.732. The molecule has 0 N–H and O–H groups in total. The fourth-order valence-corrected chi connectivity index (χ4v) is 4.36. The van der Waals surface area contributed by atoms with Crippen LogP contribution in [0.25, 0.3) is 0 Å². The molecule has 0 unspecified atom stereocenters. The maximum absolute atomic E-state index is 5.81. The molecular weight excluding hydrogens is 352 g/mol. The summed E-state index contributed by atoms with van der Waals surface area (Å²) in [6, 6.07) is 11.0. The standard InChI is InChI=1S/C21H32N6O/c1-17(2)15-20(21-22-23-24-27(21)16-19-9-6-14-28-19)26-12-10-25(11-13-26)18-7-4-3-5-8-18/h3-5,7-8,17,19-20H,6,9-16H2,1-2H3/t19-,20-/m1/s1. The molecule has 1 aromatic heterocycles. The average molecular weight is 385 g/mol. The summed E-state index contributed by atoms with van der Waals surface area (Å²) in [5.74, 6) is 1.59. The minimum Gasteiger partial charge on any atom is -0.376 e. The Morgan fingerprint density at radius 1 is 1.11 bits per heavy atom. The smallest absolute Gasteiger partial charge is 0.168 e. The molecule has 4 rings (SSSR count). The van der Waals surface area contributed by atoms with Gasteiger partial charge in [-0.25, -0.2) is 4.68 Å². The van der Waals surface area contributed by atoms with Gasteiger partial charge < -0.3 is 9.64 Å². The summed E-state index contributed by atoms with van der Waals surface area (Å²) in [5.41, 5.74) is 1.31. The van der Waals surface area contributed by atoms with Crippen molar-refractivity contribution in [2.45, 2.75) is 51.8 Å². The fourth-order valence-electron chi connectivity index (χ4n) is 4.36. The third kappa shape index (κ3) is 4.52. The second kappa shape index (κ2) is 9.01. The summed E-state index contributed by atoms with van der Waals surface area (Å²) in [6.07, 6.45) is 3.55. The maximum atomic E-state index is 5.81. The second-order valence-corrected chi connectivity index (χ2v) is 8.36. The largest absolute Gasteiger partial charge is 0.376 e. The van der Waals surface area contributed by atoms with Crippen LogP contribution < -0.4 is 4.90 Å². The molecular formula is C21H32N6O. The molecule has 0 saturated carbocycles. The van der Waals surface area contributed by atoms with E-state index in [4.69, 9.17) is 4.74 Å². The van der Waals surface area contributed by atoms with Crippen LogP contribution in [-0.4, -0.2) is 64.0 Å². The molecule has 0 radical (unpaired) electrons. The number of ether oxygens (including phenoxy) is 1. The van der Waals surface area contributed by atoms with Crippen molar-refractivity contribution in [2.24, 2.45) is 5.92 Å². The zero-order valence-electron chi connectivity index (χ0n) is 17.1. The monoisotopic (exact) mass is 384 g/mol. The molecule has 0 spiro atoms. The van der Waals surface area contributed by atoms with E-state index in [1.165, 1.54) is 5.69 Å². The predicted molar refractivity (Wildman–Crippen MR) is 109 cm³/mol. The van der Waals surface area contributed by atoms with Gasteiger partial charge in [0.05, 0.1) is 18.7 Å². The van der Waals surface area contributed by atoms with E-state index in [1.54, 1.807) is 0 Å². The first-order valence-electron chi connectivity index (χ1n) is 10.6. The van der Waals surface area contributed by atoms with Gasteiger partial charge in [-0.2, -0.15) is 0 Å². The molecule has 2 aliphatic rings. The first kappa shape index (κ1) is 19.3. The van der Waals surface area contributed by atoms with E-state index in [9.17, 15) is 0 Å². The Morgan fingerprint density at radius 2 is 1.89 bits per heavy atom. The third-order valence-electron chi connectivity index (χ3n) is 5.83. The third-order valence-corrected chi connectivity index (χ3v) is 5.83. The normalized spacial score (nSPS) is 22.1. The number of aromatic nitrogens is 4. The minimum absolute atomic E-state index is 0.247. The van der Waals surface area contributed by atoms with Crippen LogP contribution in [0.5, 0.6) is 0 Å². The molecule has 2 aromatic rings. The summed E-state index contributed by atoms with van der Waals surface area (Å²) in [4.78, 5) is 5.04. The van der Waals surface area contributed by atoms with Gasteiger partial charge in [0.2, 0.25) is 0 Å². The molecule has 3 heterocycles. The van der Waals surface area contributed by atoms with E-state index >= 15 is 0 Å². The average Bonchev–Trinajstić information content (AvgIpc) is 3.39. The molecule has 0 amide bonds. The van der Waals surface area contributed by atoms with E-state index in [0.29, 0.717) is 5.92 Å². The summed E-state index contributed by atoms with van der Waals surface area (Å²) in [5, 5.41) is 12.8. The van der Waals surface area contributed by atoms with Gasteiger partial charge in [0.15, 0.2) is 5.82 Å². The number of benzene rings is 1. The van der Waals surface area contributed by atoms with Gasteiger partial charge in [0, 0.05) is 38.5 Å². The molecule has 7 nitrogen and oxygen atoms in total. The number of rotatable bonds is 7. The molecule has 2 saturated heterocycles. The van der Waals surface area contributed by atoms with Crippen molar-refractivity contribution >= 4 is 5.69 Å². The molecule has 2 aliphatic heterocycles. The number of hydrogen-bond acceptors (Lipinski definition) is 6. The van der Waals surface area contributed by atoms with Crippen molar-refractivity contribution in [1.82, 2.24) is 25.1 Å². The Bertz CT molecular complexity index is 720. The van der Waals surface area contributed by atoms with E-state index in [1.807, 2.05) is 4.68 Å². The van der Waals surface area contributed by atoms with Crippen LogP contribution >= 0.6 is 0 Å². The van der Waals surface area contributed by atoms with Gasteiger partial charge in [0.1, 0.15) is 0 Å². The van der Waals surface area contributed by atoms with E-state index < -0.39 is 0 Å². The van der Waals surface area contributed by atoms with Crippen LogP contribution in [0.1, 0.15) is 45.0 Å². The van der Waals surface area contributed by atoms with Gasteiger partial charge in [-0.3, -0.25) is 4.90 Å². The highest BCUT2D eigenvalue weighted by Gasteiger charge is 2.30. The van der Waals surface area contributed by atoms with Crippen molar-refractivity contribution in [3.63, 3.8) is 0 Å². The molecule has 7 heteroatoms. The number of piperazine rings is 1. The number of para-hydroxylation sites is 1. The SMILES string of the molecule is CC(C)C[C@H](c1nnnn1C[C@H]1CCCO1)N1CCN(c2ccccc2)CC1. The van der Waals surface area contributed by atoms with Gasteiger partial charge in [-0.15, -0.1) is 5.10 Å². The Hall–Kier alpha value is -1.99.